The van der Waals surface area contributed by atoms with Gasteiger partial charge in [0.05, 0.1) is 11.8 Å². The second-order valence-corrected chi connectivity index (χ2v) is 5.26. The lowest BCUT2D eigenvalue weighted by Crippen LogP contribution is -2.15. The zero-order chi connectivity index (χ0) is 14.9. The maximum absolute atomic E-state index is 14.2. The molecule has 3 heteroatoms. The SMILES string of the molecule is Cc1cc(C)cc(N(C)c2c(F)cccc2[C@H](C)O)c1. The topological polar surface area (TPSA) is 23.5 Å². The summed E-state index contributed by atoms with van der Waals surface area (Å²) in [5, 5.41) is 9.84. The van der Waals surface area contributed by atoms with Gasteiger partial charge in [0.15, 0.2) is 0 Å². The van der Waals surface area contributed by atoms with Gasteiger partial charge in [0.2, 0.25) is 0 Å². The van der Waals surface area contributed by atoms with Crippen LogP contribution >= 0.6 is 0 Å². The summed E-state index contributed by atoms with van der Waals surface area (Å²) in [5.74, 6) is -0.329. The molecule has 0 saturated heterocycles. The summed E-state index contributed by atoms with van der Waals surface area (Å²) >= 11 is 0. The first-order chi connectivity index (χ1) is 9.40. The fraction of sp³-hybridized carbons (Fsp3) is 0.294. The first kappa shape index (κ1) is 14.5. The second-order valence-electron chi connectivity index (χ2n) is 5.26. The molecule has 0 saturated carbocycles. The minimum atomic E-state index is -0.714. The van der Waals surface area contributed by atoms with Crippen LogP contribution in [0.4, 0.5) is 15.8 Å². The summed E-state index contributed by atoms with van der Waals surface area (Å²) in [7, 11) is 1.82. The number of rotatable bonds is 3. The molecule has 0 aliphatic carbocycles. The molecule has 0 aliphatic heterocycles. The van der Waals surface area contributed by atoms with Crippen LogP contribution in [0.15, 0.2) is 36.4 Å². The molecule has 1 atom stereocenters. The van der Waals surface area contributed by atoms with Crippen molar-refractivity contribution in [3.8, 4) is 0 Å². The third-order valence-corrected chi connectivity index (χ3v) is 3.40. The Morgan fingerprint density at radius 2 is 1.70 bits per heavy atom. The molecule has 0 radical (unpaired) electrons. The largest absolute Gasteiger partial charge is 0.389 e. The van der Waals surface area contributed by atoms with E-state index < -0.39 is 6.10 Å². The van der Waals surface area contributed by atoms with Crippen molar-refractivity contribution in [2.45, 2.75) is 26.9 Å². The lowest BCUT2D eigenvalue weighted by atomic mass is 10.1. The van der Waals surface area contributed by atoms with E-state index in [0.29, 0.717) is 11.3 Å². The summed E-state index contributed by atoms with van der Waals surface area (Å²) in [5.41, 5.74) is 4.18. The van der Waals surface area contributed by atoms with Gasteiger partial charge >= 0.3 is 0 Å². The lowest BCUT2D eigenvalue weighted by Gasteiger charge is -2.25. The van der Waals surface area contributed by atoms with Crippen LogP contribution < -0.4 is 4.90 Å². The number of halogens is 1. The zero-order valence-corrected chi connectivity index (χ0v) is 12.3. The smallest absolute Gasteiger partial charge is 0.147 e. The van der Waals surface area contributed by atoms with Crippen molar-refractivity contribution in [1.29, 1.82) is 0 Å². The van der Waals surface area contributed by atoms with E-state index in [4.69, 9.17) is 0 Å². The van der Waals surface area contributed by atoms with E-state index in [1.165, 1.54) is 6.07 Å². The van der Waals surface area contributed by atoms with E-state index in [1.807, 2.05) is 33.0 Å². The summed E-state index contributed by atoms with van der Waals surface area (Å²) in [4.78, 5) is 1.79. The van der Waals surface area contributed by atoms with Gasteiger partial charge in [-0.1, -0.05) is 18.2 Å². The first-order valence-corrected chi connectivity index (χ1v) is 6.68. The van der Waals surface area contributed by atoms with E-state index in [9.17, 15) is 9.50 Å². The number of anilines is 2. The highest BCUT2D eigenvalue weighted by Gasteiger charge is 2.17. The van der Waals surface area contributed by atoms with Crippen LogP contribution in [0.25, 0.3) is 0 Å². The molecule has 0 amide bonds. The molecule has 2 nitrogen and oxygen atoms in total. The molecule has 20 heavy (non-hydrogen) atoms. The third-order valence-electron chi connectivity index (χ3n) is 3.40. The number of aliphatic hydroxyl groups excluding tert-OH is 1. The van der Waals surface area contributed by atoms with Crippen LogP contribution in [0.5, 0.6) is 0 Å². The average molecular weight is 273 g/mol. The molecule has 0 aliphatic rings. The van der Waals surface area contributed by atoms with Gasteiger partial charge in [-0.2, -0.15) is 0 Å². The van der Waals surface area contributed by atoms with Gasteiger partial charge < -0.3 is 10.0 Å². The van der Waals surface area contributed by atoms with E-state index in [2.05, 4.69) is 6.07 Å². The average Bonchev–Trinajstić information content (AvgIpc) is 2.36. The quantitative estimate of drug-likeness (QED) is 0.903. The highest BCUT2D eigenvalue weighted by molar-refractivity contribution is 5.68. The maximum atomic E-state index is 14.2. The van der Waals surface area contributed by atoms with Gasteiger partial charge in [-0.15, -0.1) is 0 Å². The highest BCUT2D eigenvalue weighted by Crippen LogP contribution is 2.33. The minimum Gasteiger partial charge on any atom is -0.389 e. The minimum absolute atomic E-state index is 0.329. The van der Waals surface area contributed by atoms with Crippen molar-refractivity contribution in [1.82, 2.24) is 0 Å². The standard InChI is InChI=1S/C17H20FNO/c1-11-8-12(2)10-14(9-11)19(4)17-15(13(3)20)6-5-7-16(17)18/h5-10,13,20H,1-4H3/t13-/m0/s1. The molecule has 0 unspecified atom stereocenters. The molecule has 0 heterocycles. The monoisotopic (exact) mass is 273 g/mol. The van der Waals surface area contributed by atoms with Gasteiger partial charge in [0, 0.05) is 18.3 Å². The van der Waals surface area contributed by atoms with Crippen LogP contribution in [0, 0.1) is 19.7 Å². The van der Waals surface area contributed by atoms with E-state index in [1.54, 1.807) is 24.0 Å². The Labute approximate surface area is 119 Å². The number of benzene rings is 2. The van der Waals surface area contributed by atoms with Crippen molar-refractivity contribution >= 4 is 11.4 Å². The molecule has 2 rings (SSSR count). The van der Waals surface area contributed by atoms with Crippen molar-refractivity contribution < 1.29 is 9.50 Å². The summed E-state index contributed by atoms with van der Waals surface area (Å²) in [6.07, 6.45) is -0.714. The summed E-state index contributed by atoms with van der Waals surface area (Å²) < 4.78 is 14.2. The zero-order valence-electron chi connectivity index (χ0n) is 12.3. The summed E-state index contributed by atoms with van der Waals surface area (Å²) in [6, 6.07) is 10.9. The second kappa shape index (κ2) is 5.63. The Morgan fingerprint density at radius 1 is 1.10 bits per heavy atom. The highest BCUT2D eigenvalue weighted by atomic mass is 19.1. The van der Waals surface area contributed by atoms with Crippen molar-refractivity contribution in [3.63, 3.8) is 0 Å². The van der Waals surface area contributed by atoms with Gasteiger partial charge in [-0.3, -0.25) is 0 Å². The molecular weight excluding hydrogens is 253 g/mol. The van der Waals surface area contributed by atoms with Crippen LogP contribution in [0.2, 0.25) is 0 Å². The number of hydrogen-bond acceptors (Lipinski definition) is 2. The van der Waals surface area contributed by atoms with Crippen LogP contribution in [-0.4, -0.2) is 12.2 Å². The first-order valence-electron chi connectivity index (χ1n) is 6.68. The molecule has 2 aromatic rings. The molecule has 1 N–H and O–H groups in total. The van der Waals surface area contributed by atoms with E-state index in [-0.39, 0.29) is 5.82 Å². The number of para-hydroxylation sites is 1. The predicted molar refractivity (Wildman–Crippen MR) is 81.0 cm³/mol. The van der Waals surface area contributed by atoms with Gasteiger partial charge in [0.25, 0.3) is 0 Å². The molecule has 106 valence electrons. The van der Waals surface area contributed by atoms with Gasteiger partial charge in [0.1, 0.15) is 5.82 Å². The van der Waals surface area contributed by atoms with E-state index >= 15 is 0 Å². The van der Waals surface area contributed by atoms with Crippen LogP contribution in [0.1, 0.15) is 29.7 Å². The predicted octanol–water partition coefficient (Wildman–Crippen LogP) is 4.26. The van der Waals surface area contributed by atoms with Crippen LogP contribution in [-0.2, 0) is 0 Å². The number of hydrogen-bond donors (Lipinski definition) is 1. The van der Waals surface area contributed by atoms with Gasteiger partial charge in [-0.25, -0.2) is 4.39 Å². The fourth-order valence-corrected chi connectivity index (χ4v) is 2.50. The number of aliphatic hydroxyl groups is 1. The van der Waals surface area contributed by atoms with E-state index in [0.717, 1.165) is 16.8 Å². The molecular formula is C17H20FNO. The third kappa shape index (κ3) is 2.83. The lowest BCUT2D eigenvalue weighted by molar-refractivity contribution is 0.199. The Morgan fingerprint density at radius 3 is 2.25 bits per heavy atom. The molecule has 2 aromatic carbocycles. The maximum Gasteiger partial charge on any atom is 0.147 e. The Kier molecular flexibility index (Phi) is 4.09. The Bertz CT molecular complexity index is 602. The number of nitrogens with zero attached hydrogens (tertiary/aromatic N) is 1. The van der Waals surface area contributed by atoms with Crippen molar-refractivity contribution in [3.05, 3.63) is 58.9 Å². The normalized spacial score (nSPS) is 12.3. The molecule has 0 spiro atoms. The van der Waals surface area contributed by atoms with Crippen molar-refractivity contribution in [2.75, 3.05) is 11.9 Å². The van der Waals surface area contributed by atoms with Crippen molar-refractivity contribution in [2.24, 2.45) is 0 Å². The Hall–Kier alpha value is -1.87. The van der Waals surface area contributed by atoms with Crippen LogP contribution in [0.3, 0.4) is 0 Å². The Balaban J connectivity index is 2.55. The molecule has 0 fully saturated rings. The molecule has 0 bridgehead atoms. The number of aryl methyl sites for hydroxylation is 2. The van der Waals surface area contributed by atoms with Gasteiger partial charge in [-0.05, 0) is 50.1 Å². The summed E-state index contributed by atoms with van der Waals surface area (Å²) in [6.45, 7) is 5.68. The fourth-order valence-electron chi connectivity index (χ4n) is 2.50. The molecule has 0 aromatic heterocycles.